The van der Waals surface area contributed by atoms with Crippen molar-refractivity contribution in [2.24, 2.45) is 0 Å². The third kappa shape index (κ3) is 2.82. The molecular weight excluding hydrogens is 245 g/mol. The number of benzene rings is 1. The van der Waals surface area contributed by atoms with Crippen LogP contribution in [0.2, 0.25) is 5.15 Å². The topological polar surface area (TPSA) is 61.0 Å². The summed E-state index contributed by atoms with van der Waals surface area (Å²) in [6.45, 7) is 1.67. The zero-order valence-electron chi connectivity index (χ0n) is 8.95. The maximum absolute atomic E-state index is 13.3. The molecule has 2 rings (SSSR count). The minimum Gasteiger partial charge on any atom is -0.439 e. The highest BCUT2D eigenvalue weighted by atomic mass is 35.5. The molecular formula is C11H9ClFN3O. The van der Waals surface area contributed by atoms with E-state index in [9.17, 15) is 4.39 Å². The highest BCUT2D eigenvalue weighted by molar-refractivity contribution is 6.29. The van der Waals surface area contributed by atoms with Crippen molar-refractivity contribution < 1.29 is 9.13 Å². The van der Waals surface area contributed by atoms with Crippen molar-refractivity contribution in [2.75, 3.05) is 5.73 Å². The summed E-state index contributed by atoms with van der Waals surface area (Å²) in [4.78, 5) is 7.50. The quantitative estimate of drug-likeness (QED) is 0.836. The first-order chi connectivity index (χ1) is 8.04. The Bertz CT molecular complexity index is 542. The summed E-state index contributed by atoms with van der Waals surface area (Å²) in [6, 6.07) is 5.90. The summed E-state index contributed by atoms with van der Waals surface area (Å²) in [7, 11) is 0. The summed E-state index contributed by atoms with van der Waals surface area (Å²) < 4.78 is 18.6. The molecule has 4 nitrogen and oxygen atoms in total. The van der Waals surface area contributed by atoms with Gasteiger partial charge >= 0.3 is 0 Å². The summed E-state index contributed by atoms with van der Waals surface area (Å²) in [6.07, 6.45) is 0. The Kier molecular flexibility index (Phi) is 3.10. The highest BCUT2D eigenvalue weighted by Gasteiger charge is 2.05. The largest absolute Gasteiger partial charge is 0.439 e. The van der Waals surface area contributed by atoms with Gasteiger partial charge in [0.15, 0.2) is 0 Å². The van der Waals surface area contributed by atoms with Crippen LogP contribution in [0.1, 0.15) is 5.56 Å². The molecule has 1 aromatic heterocycles. The third-order valence-corrected chi connectivity index (χ3v) is 2.25. The standard InChI is InChI=1S/C11H9ClFN3O/c1-6-2-3-7(4-8(6)13)17-10-5-9(12)15-11(14)16-10/h2-5H,1H3,(H2,14,15,16). The van der Waals surface area contributed by atoms with Gasteiger partial charge in [0.1, 0.15) is 16.7 Å². The average molecular weight is 254 g/mol. The van der Waals surface area contributed by atoms with Gasteiger partial charge in [-0.3, -0.25) is 0 Å². The number of rotatable bonds is 2. The molecule has 0 fully saturated rings. The molecule has 0 unspecified atom stereocenters. The Morgan fingerprint density at radius 1 is 1.29 bits per heavy atom. The molecule has 2 N–H and O–H groups in total. The van der Waals surface area contributed by atoms with Crippen LogP contribution in [0.25, 0.3) is 0 Å². The molecule has 0 saturated carbocycles. The molecule has 0 aliphatic carbocycles. The summed E-state index contributed by atoms with van der Waals surface area (Å²) in [5, 5.41) is 0.167. The van der Waals surface area contributed by atoms with Gasteiger partial charge < -0.3 is 10.5 Å². The van der Waals surface area contributed by atoms with Crippen LogP contribution >= 0.6 is 11.6 Å². The second kappa shape index (κ2) is 4.55. The normalized spacial score (nSPS) is 10.3. The molecule has 0 saturated heterocycles. The van der Waals surface area contributed by atoms with Crippen molar-refractivity contribution in [3.63, 3.8) is 0 Å². The minimum atomic E-state index is -0.351. The lowest BCUT2D eigenvalue weighted by molar-refractivity contribution is 0.457. The number of nitrogens with two attached hydrogens (primary N) is 1. The molecule has 0 aliphatic rings. The van der Waals surface area contributed by atoms with Crippen LogP contribution < -0.4 is 10.5 Å². The van der Waals surface area contributed by atoms with Crippen molar-refractivity contribution in [1.82, 2.24) is 9.97 Å². The Morgan fingerprint density at radius 2 is 2.06 bits per heavy atom. The lowest BCUT2D eigenvalue weighted by Crippen LogP contribution is -1.97. The number of aryl methyl sites for hydroxylation is 1. The molecule has 17 heavy (non-hydrogen) atoms. The fourth-order valence-corrected chi connectivity index (χ4v) is 1.40. The van der Waals surface area contributed by atoms with Crippen LogP contribution in [0, 0.1) is 12.7 Å². The van der Waals surface area contributed by atoms with E-state index < -0.39 is 0 Å². The highest BCUT2D eigenvalue weighted by Crippen LogP contribution is 2.23. The SMILES string of the molecule is Cc1ccc(Oc2cc(Cl)nc(N)n2)cc1F. The van der Waals surface area contributed by atoms with Crippen molar-refractivity contribution in [3.8, 4) is 11.6 Å². The zero-order valence-corrected chi connectivity index (χ0v) is 9.70. The van der Waals surface area contributed by atoms with Gasteiger partial charge in [-0.1, -0.05) is 17.7 Å². The van der Waals surface area contributed by atoms with E-state index in [0.717, 1.165) is 0 Å². The number of nitrogen functional groups attached to an aromatic ring is 1. The van der Waals surface area contributed by atoms with Crippen molar-refractivity contribution in [3.05, 3.63) is 40.8 Å². The van der Waals surface area contributed by atoms with E-state index in [2.05, 4.69) is 9.97 Å². The molecule has 1 heterocycles. The first-order valence-corrected chi connectivity index (χ1v) is 5.16. The molecule has 6 heteroatoms. The number of nitrogens with zero attached hydrogens (tertiary/aromatic N) is 2. The second-order valence-electron chi connectivity index (χ2n) is 3.40. The van der Waals surface area contributed by atoms with E-state index in [1.165, 1.54) is 12.1 Å². The molecule has 0 atom stereocenters. The fourth-order valence-electron chi connectivity index (χ4n) is 1.22. The summed E-state index contributed by atoms with van der Waals surface area (Å²) >= 11 is 5.69. The van der Waals surface area contributed by atoms with E-state index in [1.54, 1.807) is 19.1 Å². The second-order valence-corrected chi connectivity index (χ2v) is 3.79. The van der Waals surface area contributed by atoms with Crippen LogP contribution in [0.5, 0.6) is 11.6 Å². The number of hydrogen-bond donors (Lipinski definition) is 1. The Balaban J connectivity index is 2.28. The zero-order chi connectivity index (χ0) is 12.4. The van der Waals surface area contributed by atoms with Crippen LogP contribution in [0.15, 0.2) is 24.3 Å². The molecule has 0 spiro atoms. The van der Waals surface area contributed by atoms with Crippen LogP contribution in [0.3, 0.4) is 0 Å². The fraction of sp³-hybridized carbons (Fsp3) is 0.0909. The molecule has 0 bridgehead atoms. The number of anilines is 1. The van der Waals surface area contributed by atoms with Crippen molar-refractivity contribution in [1.29, 1.82) is 0 Å². The summed E-state index contributed by atoms with van der Waals surface area (Å²) in [5.74, 6) is 0.142. The van der Waals surface area contributed by atoms with Gasteiger partial charge in [-0.15, -0.1) is 0 Å². The molecule has 0 amide bonds. The van der Waals surface area contributed by atoms with E-state index >= 15 is 0 Å². The first-order valence-electron chi connectivity index (χ1n) is 4.78. The van der Waals surface area contributed by atoms with E-state index in [-0.39, 0.29) is 22.8 Å². The van der Waals surface area contributed by atoms with Gasteiger partial charge in [-0.2, -0.15) is 4.98 Å². The third-order valence-electron chi connectivity index (χ3n) is 2.05. The maximum Gasteiger partial charge on any atom is 0.225 e. The Labute approximate surface area is 102 Å². The lowest BCUT2D eigenvalue weighted by atomic mass is 10.2. The van der Waals surface area contributed by atoms with Crippen LogP contribution in [-0.4, -0.2) is 9.97 Å². The predicted molar refractivity (Wildman–Crippen MR) is 62.7 cm³/mol. The molecule has 0 radical (unpaired) electrons. The number of hydrogen-bond acceptors (Lipinski definition) is 4. The lowest BCUT2D eigenvalue weighted by Gasteiger charge is -2.06. The Morgan fingerprint density at radius 3 is 2.71 bits per heavy atom. The van der Waals surface area contributed by atoms with Gasteiger partial charge in [0.05, 0.1) is 0 Å². The van der Waals surface area contributed by atoms with E-state index in [0.29, 0.717) is 11.3 Å². The van der Waals surface area contributed by atoms with Crippen LogP contribution in [0.4, 0.5) is 10.3 Å². The molecule has 1 aromatic carbocycles. The van der Waals surface area contributed by atoms with Crippen molar-refractivity contribution in [2.45, 2.75) is 6.92 Å². The number of ether oxygens (including phenoxy) is 1. The maximum atomic E-state index is 13.3. The van der Waals surface area contributed by atoms with Gasteiger partial charge in [-0.05, 0) is 18.6 Å². The molecule has 88 valence electrons. The number of halogens is 2. The molecule has 0 aliphatic heterocycles. The van der Waals surface area contributed by atoms with Gasteiger partial charge in [-0.25, -0.2) is 9.37 Å². The van der Waals surface area contributed by atoms with Crippen molar-refractivity contribution >= 4 is 17.5 Å². The predicted octanol–water partition coefficient (Wildman–Crippen LogP) is 2.95. The molecule has 2 aromatic rings. The smallest absolute Gasteiger partial charge is 0.225 e. The number of aromatic nitrogens is 2. The summed E-state index contributed by atoms with van der Waals surface area (Å²) in [5.41, 5.74) is 5.95. The van der Waals surface area contributed by atoms with E-state index in [1.807, 2.05) is 0 Å². The average Bonchev–Trinajstić information content (AvgIpc) is 2.22. The Hall–Kier alpha value is -1.88. The first kappa shape index (κ1) is 11.6. The van der Waals surface area contributed by atoms with Gasteiger partial charge in [0.25, 0.3) is 0 Å². The van der Waals surface area contributed by atoms with Gasteiger partial charge in [0, 0.05) is 12.1 Å². The van der Waals surface area contributed by atoms with Crippen LogP contribution in [-0.2, 0) is 0 Å². The monoisotopic (exact) mass is 253 g/mol. The minimum absolute atomic E-state index is 0.0000774. The van der Waals surface area contributed by atoms with E-state index in [4.69, 9.17) is 22.1 Å². The van der Waals surface area contributed by atoms with Gasteiger partial charge in [0.2, 0.25) is 11.8 Å².